The smallest absolute Gasteiger partial charge is 0.384 e. The number of hydrogen-bond acceptors (Lipinski definition) is 4. The molecule has 0 spiro atoms. The molecule has 15 heteroatoms. The highest BCUT2D eigenvalue weighted by Gasteiger charge is 2.38. The Bertz CT molecular complexity index is 1620. The van der Waals surface area contributed by atoms with Crippen LogP contribution in [0.4, 0.5) is 32.0 Å². The molecule has 0 unspecified atom stereocenters. The van der Waals surface area contributed by atoms with Crippen LogP contribution >= 0.6 is 12.4 Å². The van der Waals surface area contributed by atoms with Crippen LogP contribution in [0.2, 0.25) is 0 Å². The number of sulfonamides is 1. The SMILES string of the molecule is Cl.Cn1c(Cc2ccc(C(=N)N)cc2)nc2cc(NS(=O)(=O)c3cc(C(F)(F)F)cc(C(F)(F)F)c3)ccc21. The molecule has 39 heavy (non-hydrogen) atoms. The van der Waals surface area contributed by atoms with Gasteiger partial charge in [-0.25, -0.2) is 13.4 Å². The lowest BCUT2D eigenvalue weighted by Gasteiger charge is -2.15. The summed E-state index contributed by atoms with van der Waals surface area (Å²) in [7, 11) is -3.09. The van der Waals surface area contributed by atoms with Crippen molar-refractivity contribution >= 4 is 45.0 Å². The van der Waals surface area contributed by atoms with Gasteiger partial charge in [0.2, 0.25) is 0 Å². The zero-order valence-corrected chi connectivity index (χ0v) is 21.5. The lowest BCUT2D eigenvalue weighted by atomic mass is 10.1. The predicted molar refractivity (Wildman–Crippen MR) is 135 cm³/mol. The van der Waals surface area contributed by atoms with Gasteiger partial charge in [0.05, 0.1) is 32.7 Å². The van der Waals surface area contributed by atoms with E-state index in [0.29, 0.717) is 28.8 Å². The molecule has 0 saturated heterocycles. The Morgan fingerprint density at radius 2 is 1.51 bits per heavy atom. The van der Waals surface area contributed by atoms with Gasteiger partial charge in [-0.1, -0.05) is 24.3 Å². The molecule has 1 aromatic heterocycles. The number of halogens is 7. The molecule has 0 saturated carbocycles. The quantitative estimate of drug-likeness (QED) is 0.151. The normalized spacial score (nSPS) is 12.3. The topological polar surface area (TPSA) is 114 Å². The number of fused-ring (bicyclic) bond motifs is 1. The number of nitrogen functional groups attached to an aromatic ring is 1. The number of imidazole rings is 1. The Morgan fingerprint density at radius 3 is 2.03 bits per heavy atom. The van der Waals surface area contributed by atoms with Crippen molar-refractivity contribution in [3.63, 3.8) is 0 Å². The molecule has 4 N–H and O–H groups in total. The summed E-state index contributed by atoms with van der Waals surface area (Å²) in [4.78, 5) is 3.30. The molecule has 0 bridgehead atoms. The van der Waals surface area contributed by atoms with Crippen molar-refractivity contribution < 1.29 is 34.8 Å². The van der Waals surface area contributed by atoms with Crippen LogP contribution in [0.15, 0.2) is 65.6 Å². The number of rotatable bonds is 6. The molecular weight excluding hydrogens is 572 g/mol. The third-order valence-corrected chi connectivity index (χ3v) is 7.09. The number of aromatic nitrogens is 2. The number of alkyl halides is 6. The summed E-state index contributed by atoms with van der Waals surface area (Å²) in [6.45, 7) is 0. The lowest BCUT2D eigenvalue weighted by Crippen LogP contribution is -2.17. The third-order valence-electron chi connectivity index (χ3n) is 5.72. The summed E-state index contributed by atoms with van der Waals surface area (Å²) in [5.74, 6) is 0.525. The van der Waals surface area contributed by atoms with Crippen molar-refractivity contribution in [2.45, 2.75) is 23.7 Å². The van der Waals surface area contributed by atoms with E-state index in [1.165, 1.54) is 18.2 Å². The maximum Gasteiger partial charge on any atom is 0.416 e. The van der Waals surface area contributed by atoms with Crippen LogP contribution in [0, 0.1) is 5.41 Å². The number of nitrogens with one attached hydrogen (secondary N) is 2. The van der Waals surface area contributed by atoms with Crippen molar-refractivity contribution in [1.82, 2.24) is 9.55 Å². The van der Waals surface area contributed by atoms with Gasteiger partial charge >= 0.3 is 12.4 Å². The predicted octanol–water partition coefficient (Wildman–Crippen LogP) is 5.71. The first-order valence-corrected chi connectivity index (χ1v) is 12.2. The van der Waals surface area contributed by atoms with Crippen LogP contribution in [-0.2, 0) is 35.8 Å². The van der Waals surface area contributed by atoms with E-state index >= 15 is 0 Å². The molecule has 0 fully saturated rings. The Morgan fingerprint density at radius 1 is 0.949 bits per heavy atom. The number of anilines is 1. The molecule has 0 aliphatic rings. The van der Waals surface area contributed by atoms with E-state index in [1.54, 1.807) is 35.9 Å². The number of benzene rings is 3. The summed E-state index contributed by atoms with van der Waals surface area (Å²) in [5, 5.41) is 7.46. The molecule has 4 aromatic rings. The van der Waals surface area contributed by atoms with E-state index in [2.05, 4.69) is 4.98 Å². The minimum atomic E-state index is -5.19. The van der Waals surface area contributed by atoms with E-state index in [1.807, 2.05) is 4.72 Å². The highest BCUT2D eigenvalue weighted by Crippen LogP contribution is 2.37. The summed E-state index contributed by atoms with van der Waals surface area (Å²) in [6, 6.07) is 11.2. The first-order chi connectivity index (χ1) is 17.5. The van der Waals surface area contributed by atoms with Crippen molar-refractivity contribution in [2.75, 3.05) is 4.72 Å². The fourth-order valence-electron chi connectivity index (χ4n) is 3.75. The number of nitrogens with two attached hydrogens (primary N) is 1. The Kier molecular flexibility index (Phi) is 7.95. The van der Waals surface area contributed by atoms with Crippen molar-refractivity contribution in [3.05, 3.63) is 88.7 Å². The van der Waals surface area contributed by atoms with E-state index in [4.69, 9.17) is 11.1 Å². The van der Waals surface area contributed by atoms with Gasteiger partial charge in [-0.3, -0.25) is 10.1 Å². The molecule has 0 radical (unpaired) electrons. The number of aryl methyl sites for hydroxylation is 1. The number of nitrogens with zero attached hydrogens (tertiary/aromatic N) is 2. The van der Waals surface area contributed by atoms with Crippen LogP contribution in [0.25, 0.3) is 11.0 Å². The van der Waals surface area contributed by atoms with Crippen LogP contribution in [0.3, 0.4) is 0 Å². The second kappa shape index (κ2) is 10.4. The first-order valence-electron chi connectivity index (χ1n) is 10.8. The molecular formula is C24H20ClF6N5O2S. The summed E-state index contributed by atoms with van der Waals surface area (Å²) in [6.07, 6.45) is -10.0. The Hall–Kier alpha value is -3.78. The Balaban J connectivity index is 0.00000420. The average molecular weight is 592 g/mol. The molecule has 0 atom stereocenters. The first kappa shape index (κ1) is 29.8. The maximum atomic E-state index is 13.2. The molecule has 4 rings (SSSR count). The van der Waals surface area contributed by atoms with Crippen LogP contribution < -0.4 is 10.5 Å². The average Bonchev–Trinajstić information content (AvgIpc) is 3.12. The molecule has 0 aliphatic heterocycles. The highest BCUT2D eigenvalue weighted by molar-refractivity contribution is 7.92. The van der Waals surface area contributed by atoms with Gasteiger partial charge < -0.3 is 10.3 Å². The van der Waals surface area contributed by atoms with Crippen LogP contribution in [0.1, 0.15) is 28.1 Å². The van der Waals surface area contributed by atoms with Crippen LogP contribution in [0.5, 0.6) is 0 Å². The third kappa shape index (κ3) is 6.45. The van der Waals surface area contributed by atoms with E-state index in [9.17, 15) is 34.8 Å². The molecule has 0 aliphatic carbocycles. The van der Waals surface area contributed by atoms with Crippen LogP contribution in [-0.4, -0.2) is 23.8 Å². The zero-order valence-electron chi connectivity index (χ0n) is 19.9. The number of hydrogen-bond donors (Lipinski definition) is 3. The highest BCUT2D eigenvalue weighted by atomic mass is 35.5. The van der Waals surface area contributed by atoms with Gasteiger partial charge in [0.1, 0.15) is 11.7 Å². The summed E-state index contributed by atoms with van der Waals surface area (Å²) >= 11 is 0. The van der Waals surface area contributed by atoms with Gasteiger partial charge in [-0.15, -0.1) is 12.4 Å². The fourth-order valence-corrected chi connectivity index (χ4v) is 4.87. The minimum absolute atomic E-state index is 0. The van der Waals surface area contributed by atoms with E-state index in [0.717, 1.165) is 5.56 Å². The van der Waals surface area contributed by atoms with Crippen molar-refractivity contribution in [3.8, 4) is 0 Å². The zero-order chi connectivity index (χ0) is 28.0. The van der Waals surface area contributed by atoms with Gasteiger partial charge in [-0.05, 0) is 42.0 Å². The molecule has 7 nitrogen and oxygen atoms in total. The van der Waals surface area contributed by atoms with Gasteiger partial charge in [0.15, 0.2) is 0 Å². The molecule has 3 aromatic carbocycles. The maximum absolute atomic E-state index is 13.2. The largest absolute Gasteiger partial charge is 0.416 e. The summed E-state index contributed by atoms with van der Waals surface area (Å²) in [5.41, 5.74) is 4.25. The lowest BCUT2D eigenvalue weighted by molar-refractivity contribution is -0.143. The standard InChI is InChI=1S/C24H19F6N5O2S.ClH/c1-35-20-7-6-17(12-19(20)33-21(35)8-13-2-4-14(5-3-13)22(31)32)34-38(36,37)18-10-15(23(25,26)27)9-16(11-18)24(28,29)30;/h2-7,9-12,34H,8H2,1H3,(H3,31,32);1H. The van der Waals surface area contributed by atoms with E-state index < -0.39 is 38.4 Å². The molecule has 208 valence electrons. The summed E-state index contributed by atoms with van der Waals surface area (Å²) < 4.78 is 108. The minimum Gasteiger partial charge on any atom is -0.384 e. The van der Waals surface area contributed by atoms with Crippen molar-refractivity contribution in [2.24, 2.45) is 12.8 Å². The number of amidine groups is 1. The fraction of sp³-hybridized carbons (Fsp3) is 0.167. The molecule has 0 amide bonds. The Labute approximate surface area is 224 Å². The van der Waals surface area contributed by atoms with Gasteiger partial charge in [0.25, 0.3) is 10.0 Å². The second-order valence-corrected chi connectivity index (χ2v) is 10.1. The second-order valence-electron chi connectivity index (χ2n) is 8.42. The molecule has 1 heterocycles. The van der Waals surface area contributed by atoms with Gasteiger partial charge in [0, 0.05) is 19.0 Å². The monoisotopic (exact) mass is 591 g/mol. The van der Waals surface area contributed by atoms with Gasteiger partial charge in [-0.2, -0.15) is 26.3 Å². The van der Waals surface area contributed by atoms with Crippen molar-refractivity contribution in [1.29, 1.82) is 5.41 Å². The van der Waals surface area contributed by atoms with E-state index in [-0.39, 0.29) is 42.1 Å².